The van der Waals surface area contributed by atoms with Gasteiger partial charge < -0.3 is 10.2 Å². The summed E-state index contributed by atoms with van der Waals surface area (Å²) in [4.78, 5) is 14.2. The lowest BCUT2D eigenvalue weighted by Gasteiger charge is -2.27. The Bertz CT molecular complexity index is 455. The van der Waals surface area contributed by atoms with Gasteiger partial charge in [0.1, 0.15) is 16.5 Å². The van der Waals surface area contributed by atoms with Crippen LogP contribution in [0.5, 0.6) is 0 Å². The number of nitrogens with zero attached hydrogens (tertiary/aromatic N) is 4. The minimum atomic E-state index is 0.674. The van der Waals surface area contributed by atoms with Crippen LogP contribution in [0, 0.1) is 0 Å². The zero-order valence-corrected chi connectivity index (χ0v) is 13.8. The predicted octanol–water partition coefficient (Wildman–Crippen LogP) is 2.03. The summed E-state index contributed by atoms with van der Waals surface area (Å²) in [6.07, 6.45) is 7.35. The largest absolute Gasteiger partial charge is 0.362 e. The van der Waals surface area contributed by atoms with Crippen LogP contribution < -0.4 is 10.2 Å². The van der Waals surface area contributed by atoms with E-state index < -0.39 is 0 Å². The van der Waals surface area contributed by atoms with Gasteiger partial charge in [-0.3, -0.25) is 9.88 Å². The molecule has 1 aromatic heterocycles. The Kier molecular flexibility index (Phi) is 6.32. The first-order chi connectivity index (χ1) is 10.2. The first kappa shape index (κ1) is 16.1. The third-order valence-corrected chi connectivity index (χ3v) is 4.25. The maximum absolute atomic E-state index is 5.44. The lowest BCUT2D eigenvalue weighted by atomic mass is 10.1. The van der Waals surface area contributed by atoms with Crippen molar-refractivity contribution in [1.29, 1.82) is 0 Å². The molecule has 0 unspecified atom stereocenters. The molecule has 1 aromatic rings. The number of rotatable bonds is 6. The summed E-state index contributed by atoms with van der Waals surface area (Å²) in [5.74, 6) is 0.944. The maximum atomic E-state index is 5.44. The Morgan fingerprint density at radius 2 is 1.95 bits per heavy atom. The average Bonchev–Trinajstić information content (AvgIpc) is 2.56. The van der Waals surface area contributed by atoms with Crippen LogP contribution in [0.2, 0.25) is 0 Å². The molecule has 1 saturated heterocycles. The summed E-state index contributed by atoms with van der Waals surface area (Å²) >= 11 is 5.44. The highest BCUT2D eigenvalue weighted by atomic mass is 32.1. The van der Waals surface area contributed by atoms with Crippen LogP contribution in [0.4, 0.5) is 5.82 Å². The number of hydrogen-bond donors (Lipinski definition) is 1. The highest BCUT2D eigenvalue weighted by molar-refractivity contribution is 7.80. The monoisotopic (exact) mass is 307 g/mol. The standard InChI is InChI=1S/C15H25N5S/c1-3-19(4-2)12-17-15(21)13-10-16-11-14(18-13)20-8-6-5-7-9-20/h10-11H,3-9,12H2,1-2H3,(H,17,21). The number of nitrogens with one attached hydrogen (secondary N) is 1. The van der Waals surface area contributed by atoms with E-state index >= 15 is 0 Å². The quantitative estimate of drug-likeness (QED) is 0.641. The molecule has 21 heavy (non-hydrogen) atoms. The number of anilines is 1. The molecule has 6 heteroatoms. The SMILES string of the molecule is CCN(CC)CNC(=S)c1cncc(N2CCCCC2)n1. The average molecular weight is 307 g/mol. The van der Waals surface area contributed by atoms with Crippen LogP contribution in [0.3, 0.4) is 0 Å². The number of piperidine rings is 1. The second kappa shape index (κ2) is 8.24. The van der Waals surface area contributed by atoms with Crippen molar-refractivity contribution in [3.63, 3.8) is 0 Å². The number of thiocarbonyl (C=S) groups is 1. The fourth-order valence-corrected chi connectivity index (χ4v) is 2.62. The molecule has 2 rings (SSSR count). The van der Waals surface area contributed by atoms with Crippen LogP contribution in [-0.2, 0) is 0 Å². The Morgan fingerprint density at radius 1 is 1.24 bits per heavy atom. The van der Waals surface area contributed by atoms with Gasteiger partial charge in [-0.25, -0.2) is 4.98 Å². The highest BCUT2D eigenvalue weighted by Gasteiger charge is 2.14. The molecule has 116 valence electrons. The molecule has 0 saturated carbocycles. The van der Waals surface area contributed by atoms with Gasteiger partial charge in [0.05, 0.1) is 19.1 Å². The van der Waals surface area contributed by atoms with E-state index in [1.807, 2.05) is 6.20 Å². The minimum Gasteiger partial charge on any atom is -0.362 e. The molecule has 0 amide bonds. The Morgan fingerprint density at radius 3 is 2.62 bits per heavy atom. The summed E-state index contributed by atoms with van der Waals surface area (Å²) in [5.41, 5.74) is 0.764. The van der Waals surface area contributed by atoms with Gasteiger partial charge >= 0.3 is 0 Å². The van der Waals surface area contributed by atoms with E-state index in [0.717, 1.165) is 44.4 Å². The molecular formula is C15H25N5S. The molecule has 0 aliphatic carbocycles. The summed E-state index contributed by atoms with van der Waals surface area (Å²) in [7, 11) is 0. The van der Waals surface area contributed by atoms with Crippen molar-refractivity contribution in [1.82, 2.24) is 20.2 Å². The van der Waals surface area contributed by atoms with Crippen LogP contribution in [0.15, 0.2) is 12.4 Å². The molecule has 0 bridgehead atoms. The van der Waals surface area contributed by atoms with E-state index in [9.17, 15) is 0 Å². The molecular weight excluding hydrogens is 282 g/mol. The van der Waals surface area contributed by atoms with E-state index in [-0.39, 0.29) is 0 Å². The van der Waals surface area contributed by atoms with Gasteiger partial charge in [0.25, 0.3) is 0 Å². The van der Waals surface area contributed by atoms with E-state index in [1.54, 1.807) is 6.20 Å². The smallest absolute Gasteiger partial charge is 0.147 e. The number of aromatic nitrogens is 2. The van der Waals surface area contributed by atoms with Crippen LogP contribution in [0.25, 0.3) is 0 Å². The van der Waals surface area contributed by atoms with Gasteiger partial charge in [0, 0.05) is 13.1 Å². The third kappa shape index (κ3) is 4.61. The van der Waals surface area contributed by atoms with E-state index in [2.05, 4.69) is 38.9 Å². The Balaban J connectivity index is 1.97. The van der Waals surface area contributed by atoms with Crippen molar-refractivity contribution in [2.45, 2.75) is 33.1 Å². The molecule has 1 aliphatic heterocycles. The molecule has 0 aromatic carbocycles. The summed E-state index contributed by atoms with van der Waals surface area (Å²) in [5, 5.41) is 3.27. The number of hydrogen-bond acceptors (Lipinski definition) is 5. The van der Waals surface area contributed by atoms with Crippen molar-refractivity contribution in [2.75, 3.05) is 37.7 Å². The summed E-state index contributed by atoms with van der Waals surface area (Å²) in [6.45, 7) is 9.18. The fraction of sp³-hybridized carbons (Fsp3) is 0.667. The van der Waals surface area contributed by atoms with Crippen molar-refractivity contribution < 1.29 is 0 Å². The van der Waals surface area contributed by atoms with Crippen molar-refractivity contribution in [3.05, 3.63) is 18.1 Å². The zero-order valence-electron chi connectivity index (χ0n) is 13.0. The summed E-state index contributed by atoms with van der Waals surface area (Å²) in [6, 6.07) is 0. The minimum absolute atomic E-state index is 0.674. The van der Waals surface area contributed by atoms with Crippen LogP contribution in [0.1, 0.15) is 38.8 Å². The molecule has 5 nitrogen and oxygen atoms in total. The molecule has 0 atom stereocenters. The van der Waals surface area contributed by atoms with Crippen molar-refractivity contribution in [2.24, 2.45) is 0 Å². The topological polar surface area (TPSA) is 44.3 Å². The first-order valence-corrected chi connectivity index (χ1v) is 8.23. The van der Waals surface area contributed by atoms with Crippen LogP contribution >= 0.6 is 12.2 Å². The normalized spacial score (nSPS) is 15.3. The van der Waals surface area contributed by atoms with E-state index in [1.165, 1.54) is 19.3 Å². The molecule has 1 fully saturated rings. The Hall–Kier alpha value is -1.27. The van der Waals surface area contributed by atoms with Crippen LogP contribution in [-0.4, -0.2) is 52.7 Å². The van der Waals surface area contributed by atoms with E-state index in [4.69, 9.17) is 12.2 Å². The molecule has 0 spiro atoms. The lowest BCUT2D eigenvalue weighted by molar-refractivity contribution is 0.299. The van der Waals surface area contributed by atoms with Gasteiger partial charge in [-0.2, -0.15) is 0 Å². The van der Waals surface area contributed by atoms with E-state index in [0.29, 0.717) is 4.99 Å². The second-order valence-electron chi connectivity index (χ2n) is 5.28. The maximum Gasteiger partial charge on any atom is 0.147 e. The van der Waals surface area contributed by atoms with Gasteiger partial charge in [0.15, 0.2) is 0 Å². The van der Waals surface area contributed by atoms with Gasteiger partial charge in [-0.15, -0.1) is 0 Å². The highest BCUT2D eigenvalue weighted by Crippen LogP contribution is 2.16. The van der Waals surface area contributed by atoms with Gasteiger partial charge in [-0.05, 0) is 32.4 Å². The lowest BCUT2D eigenvalue weighted by Crippen LogP contribution is -2.37. The fourth-order valence-electron chi connectivity index (χ4n) is 2.46. The first-order valence-electron chi connectivity index (χ1n) is 7.82. The van der Waals surface area contributed by atoms with Crippen molar-refractivity contribution in [3.8, 4) is 0 Å². The van der Waals surface area contributed by atoms with Gasteiger partial charge in [-0.1, -0.05) is 26.1 Å². The molecule has 0 radical (unpaired) electrons. The molecule has 1 aliphatic rings. The predicted molar refractivity (Wildman–Crippen MR) is 90.7 cm³/mol. The molecule has 2 heterocycles. The van der Waals surface area contributed by atoms with Crippen molar-refractivity contribution >= 4 is 23.0 Å². The van der Waals surface area contributed by atoms with Gasteiger partial charge in [0.2, 0.25) is 0 Å². The molecule has 1 N–H and O–H groups in total. The zero-order chi connectivity index (χ0) is 15.1. The third-order valence-electron chi connectivity index (χ3n) is 3.89. The second-order valence-corrected chi connectivity index (χ2v) is 5.69. The Labute approximate surface area is 132 Å². The summed E-state index contributed by atoms with van der Waals surface area (Å²) < 4.78 is 0.